The monoisotopic (exact) mass is 1060 g/mol. The predicted molar refractivity (Wildman–Crippen MR) is 330 cm³/mol. The molecule has 0 saturated carbocycles. The van der Waals surface area contributed by atoms with Gasteiger partial charge in [-0.25, -0.2) is 0 Å². The quantitative estimate of drug-likeness (QED) is 0.0261. The highest BCUT2D eigenvalue weighted by Crippen LogP contribution is 2.17. The highest BCUT2D eigenvalue weighted by Gasteiger charge is 2.19. The molecular weight excluding hydrogens is 937 g/mol. The van der Waals surface area contributed by atoms with E-state index in [1.807, 2.05) is 0 Å². The van der Waals surface area contributed by atoms with E-state index >= 15 is 0 Å². The highest BCUT2D eigenvalue weighted by atomic mass is 16.6. The molecule has 0 amide bonds. The number of unbranched alkanes of at least 4 members (excludes halogenated alkanes) is 37. The Kier molecular flexibility index (Phi) is 61.7. The van der Waals surface area contributed by atoms with Crippen molar-refractivity contribution in [2.75, 3.05) is 13.2 Å². The summed E-state index contributed by atoms with van der Waals surface area (Å²) in [5, 5.41) is 0. The van der Waals surface area contributed by atoms with Crippen molar-refractivity contribution in [2.45, 2.75) is 341 Å². The normalized spacial score (nSPS) is 12.5. The van der Waals surface area contributed by atoms with E-state index in [0.717, 1.165) is 96.3 Å². The van der Waals surface area contributed by atoms with Crippen LogP contribution in [0, 0.1) is 0 Å². The number of hydrogen-bond donors (Lipinski definition) is 0. The molecule has 0 aliphatic heterocycles. The molecule has 0 aromatic rings. The fourth-order valence-electron chi connectivity index (χ4n) is 9.57. The molecular formula is C70H124O6. The molecule has 0 aliphatic carbocycles. The summed E-state index contributed by atoms with van der Waals surface area (Å²) >= 11 is 0. The topological polar surface area (TPSA) is 78.9 Å². The summed E-state index contributed by atoms with van der Waals surface area (Å²) in [6, 6.07) is 0. The van der Waals surface area contributed by atoms with Gasteiger partial charge in [-0.2, -0.15) is 0 Å². The second-order valence-electron chi connectivity index (χ2n) is 22.0. The lowest BCUT2D eigenvalue weighted by molar-refractivity contribution is -0.167. The maximum atomic E-state index is 12.9. The standard InChI is InChI=1S/C70H124O6/c1-4-7-10-13-16-19-22-24-26-28-29-30-31-32-33-34-35-36-37-38-39-40-41-42-44-45-48-51-54-57-60-63-69(72)75-66-67(65-74-68(71)62-59-56-53-50-47-21-18-15-12-9-6-3)76-70(73)64-61-58-55-52-49-46-43-27-25-23-20-17-14-11-8-5-2/h7,10,16,19,24,26,29-30,32-33,35-36,67H,4-6,8-9,11-15,17-18,20-23,25,27-28,31,34,37-66H2,1-3H3/b10-7-,19-16-,26-24-,30-29-,33-32-,36-35-. The van der Waals surface area contributed by atoms with E-state index in [1.165, 1.54) is 199 Å². The van der Waals surface area contributed by atoms with E-state index in [4.69, 9.17) is 14.2 Å². The summed E-state index contributed by atoms with van der Waals surface area (Å²) in [7, 11) is 0. The SMILES string of the molecule is CC/C=C\C/C=C\C/C=C\C/C=C\C/C=C\C/C=C\CCCCCCCCCCCCCCC(=O)OCC(COC(=O)CCCCCCCCCCCCC)OC(=O)CCCCCCCCCCCCCCCCCC. The van der Waals surface area contributed by atoms with Gasteiger partial charge in [0, 0.05) is 19.3 Å². The van der Waals surface area contributed by atoms with E-state index in [9.17, 15) is 14.4 Å². The minimum atomic E-state index is -0.771. The number of hydrogen-bond acceptors (Lipinski definition) is 6. The van der Waals surface area contributed by atoms with Crippen LogP contribution in [0.25, 0.3) is 0 Å². The van der Waals surface area contributed by atoms with Crippen molar-refractivity contribution in [3.05, 3.63) is 72.9 Å². The maximum Gasteiger partial charge on any atom is 0.306 e. The Morgan fingerprint density at radius 1 is 0.276 bits per heavy atom. The second-order valence-corrected chi connectivity index (χ2v) is 22.0. The molecule has 0 N–H and O–H groups in total. The first kappa shape index (κ1) is 72.8. The Morgan fingerprint density at radius 3 is 0.803 bits per heavy atom. The first-order valence-electron chi connectivity index (χ1n) is 32.9. The first-order valence-corrected chi connectivity index (χ1v) is 32.9. The molecule has 0 aromatic carbocycles. The third kappa shape index (κ3) is 61.7. The first-order chi connectivity index (χ1) is 37.5. The summed E-state index contributed by atoms with van der Waals surface area (Å²) in [5.41, 5.74) is 0. The van der Waals surface area contributed by atoms with Crippen LogP contribution in [0.2, 0.25) is 0 Å². The van der Waals surface area contributed by atoms with Crippen LogP contribution in [0.1, 0.15) is 335 Å². The number of allylic oxidation sites excluding steroid dienone is 12. The van der Waals surface area contributed by atoms with Crippen LogP contribution < -0.4 is 0 Å². The maximum absolute atomic E-state index is 12.9. The molecule has 0 fully saturated rings. The van der Waals surface area contributed by atoms with Crippen molar-refractivity contribution in [1.29, 1.82) is 0 Å². The van der Waals surface area contributed by atoms with Gasteiger partial charge in [0.05, 0.1) is 0 Å². The fraction of sp³-hybridized carbons (Fsp3) is 0.786. The number of ether oxygens (including phenoxy) is 3. The average Bonchev–Trinajstić information content (AvgIpc) is 3.42. The number of rotatable bonds is 60. The molecule has 0 bridgehead atoms. The van der Waals surface area contributed by atoms with Crippen LogP contribution >= 0.6 is 0 Å². The third-order valence-corrected chi connectivity index (χ3v) is 14.5. The van der Waals surface area contributed by atoms with E-state index in [-0.39, 0.29) is 31.1 Å². The molecule has 0 saturated heterocycles. The second kappa shape index (κ2) is 64.4. The molecule has 0 rings (SSSR count). The van der Waals surface area contributed by atoms with Crippen LogP contribution in [0.3, 0.4) is 0 Å². The number of esters is 3. The summed E-state index contributed by atoms with van der Waals surface area (Å²) < 4.78 is 16.9. The van der Waals surface area contributed by atoms with Gasteiger partial charge in [-0.05, 0) is 70.6 Å². The zero-order valence-electron chi connectivity index (χ0n) is 50.5. The highest BCUT2D eigenvalue weighted by molar-refractivity contribution is 5.71. The average molecular weight is 1060 g/mol. The summed E-state index contributed by atoms with van der Waals surface area (Å²) in [6.45, 7) is 6.56. The van der Waals surface area contributed by atoms with Gasteiger partial charge < -0.3 is 14.2 Å². The molecule has 0 aromatic heterocycles. The Bertz CT molecular complexity index is 1400. The summed E-state index contributed by atoms with van der Waals surface area (Å²) in [6.07, 6.45) is 83.5. The Labute approximate surface area is 472 Å². The Hall–Kier alpha value is -3.15. The summed E-state index contributed by atoms with van der Waals surface area (Å²) in [5.74, 6) is -0.853. The van der Waals surface area contributed by atoms with E-state index < -0.39 is 6.10 Å². The van der Waals surface area contributed by atoms with Crippen molar-refractivity contribution in [1.82, 2.24) is 0 Å². The van der Waals surface area contributed by atoms with Crippen molar-refractivity contribution in [3.63, 3.8) is 0 Å². The zero-order valence-corrected chi connectivity index (χ0v) is 50.5. The van der Waals surface area contributed by atoms with Crippen LogP contribution in [-0.2, 0) is 28.6 Å². The minimum absolute atomic E-state index is 0.0695. The largest absolute Gasteiger partial charge is 0.462 e. The van der Waals surface area contributed by atoms with Crippen LogP contribution in [0.4, 0.5) is 0 Å². The van der Waals surface area contributed by atoms with Gasteiger partial charge in [0.15, 0.2) is 6.10 Å². The van der Waals surface area contributed by atoms with Crippen molar-refractivity contribution in [2.24, 2.45) is 0 Å². The van der Waals surface area contributed by atoms with Crippen molar-refractivity contribution in [3.8, 4) is 0 Å². The molecule has 0 heterocycles. The Balaban J connectivity index is 4.17. The van der Waals surface area contributed by atoms with Gasteiger partial charge >= 0.3 is 17.9 Å². The predicted octanol–water partition coefficient (Wildman–Crippen LogP) is 22.5. The van der Waals surface area contributed by atoms with Crippen LogP contribution in [-0.4, -0.2) is 37.2 Å². The lowest BCUT2D eigenvalue weighted by atomic mass is 10.0. The molecule has 0 spiro atoms. The molecule has 1 unspecified atom stereocenters. The molecule has 6 nitrogen and oxygen atoms in total. The molecule has 440 valence electrons. The van der Waals surface area contributed by atoms with Crippen LogP contribution in [0.15, 0.2) is 72.9 Å². The number of carbonyl (C=O) groups excluding carboxylic acids is 3. The van der Waals surface area contributed by atoms with Gasteiger partial charge in [-0.3, -0.25) is 14.4 Å². The van der Waals surface area contributed by atoms with E-state index in [0.29, 0.717) is 19.3 Å². The lowest BCUT2D eigenvalue weighted by Crippen LogP contribution is -2.30. The molecule has 0 aliphatic rings. The van der Waals surface area contributed by atoms with E-state index in [2.05, 4.69) is 93.7 Å². The molecule has 76 heavy (non-hydrogen) atoms. The fourth-order valence-corrected chi connectivity index (χ4v) is 9.57. The van der Waals surface area contributed by atoms with Crippen LogP contribution in [0.5, 0.6) is 0 Å². The van der Waals surface area contributed by atoms with Gasteiger partial charge in [0.2, 0.25) is 0 Å². The summed E-state index contributed by atoms with van der Waals surface area (Å²) in [4.78, 5) is 38.2. The lowest BCUT2D eigenvalue weighted by Gasteiger charge is -2.18. The molecule has 0 radical (unpaired) electrons. The van der Waals surface area contributed by atoms with Gasteiger partial charge in [0.25, 0.3) is 0 Å². The van der Waals surface area contributed by atoms with Gasteiger partial charge in [-0.1, -0.05) is 318 Å². The van der Waals surface area contributed by atoms with Crippen molar-refractivity contribution >= 4 is 17.9 Å². The Morgan fingerprint density at radius 2 is 0.513 bits per heavy atom. The minimum Gasteiger partial charge on any atom is -0.462 e. The van der Waals surface area contributed by atoms with Gasteiger partial charge in [0.1, 0.15) is 13.2 Å². The molecule has 6 heteroatoms. The zero-order chi connectivity index (χ0) is 55.0. The number of carbonyl (C=O) groups is 3. The van der Waals surface area contributed by atoms with E-state index in [1.54, 1.807) is 0 Å². The van der Waals surface area contributed by atoms with Gasteiger partial charge in [-0.15, -0.1) is 0 Å². The van der Waals surface area contributed by atoms with Crippen molar-refractivity contribution < 1.29 is 28.6 Å². The smallest absolute Gasteiger partial charge is 0.306 e. The molecule has 1 atom stereocenters. The third-order valence-electron chi connectivity index (χ3n) is 14.5.